The molecule has 33 heavy (non-hydrogen) atoms. The standard InChI is InChI=1S/C23H24FN3O5S/c1-14-11-32-19-7-16(15(2)28)10-25-21(19)22(29)27(14)17-8-23(9-17)12-26(13-23)33(30,31)20-6-4-3-5-18(20)24/h3-7,10,14,17H,8-9,11-13H2,1-2H3/t14-/m1/s1. The SMILES string of the molecule is CC(=O)c1cnc2c(c1)OC[C@@H](C)N(C1CC3(C1)CN(S(=O)(=O)c1ccccc1F)C3)C2=O. The summed E-state index contributed by atoms with van der Waals surface area (Å²) in [5, 5.41) is 0. The molecule has 1 atom stereocenters. The molecule has 1 spiro atoms. The number of rotatable bonds is 4. The molecule has 0 N–H and O–H groups in total. The molecule has 5 rings (SSSR count). The lowest BCUT2D eigenvalue weighted by atomic mass is 9.61. The number of benzene rings is 1. The van der Waals surface area contributed by atoms with Gasteiger partial charge in [0, 0.05) is 36.3 Å². The fourth-order valence-corrected chi connectivity index (χ4v) is 6.84. The minimum atomic E-state index is -3.88. The molecule has 3 aliphatic rings. The molecule has 0 radical (unpaired) electrons. The van der Waals surface area contributed by atoms with E-state index in [2.05, 4.69) is 4.98 Å². The summed E-state index contributed by atoms with van der Waals surface area (Å²) >= 11 is 0. The van der Waals surface area contributed by atoms with Gasteiger partial charge in [0.15, 0.2) is 17.2 Å². The average Bonchev–Trinajstić information content (AvgIpc) is 2.83. The normalized spacial score (nSPS) is 22.7. The average molecular weight is 474 g/mol. The second-order valence-corrected chi connectivity index (χ2v) is 11.2. The maximum Gasteiger partial charge on any atom is 0.276 e. The van der Waals surface area contributed by atoms with E-state index >= 15 is 0 Å². The Hall–Kier alpha value is -2.85. The molecule has 10 heteroatoms. The number of fused-ring (bicyclic) bond motifs is 1. The highest BCUT2D eigenvalue weighted by Crippen LogP contribution is 2.52. The molecular formula is C23H24FN3O5S. The van der Waals surface area contributed by atoms with Crippen molar-refractivity contribution in [2.45, 2.75) is 43.7 Å². The molecule has 2 aliphatic heterocycles. The van der Waals surface area contributed by atoms with E-state index in [1.54, 1.807) is 11.0 Å². The number of hydrogen-bond acceptors (Lipinski definition) is 6. The molecule has 1 amide bonds. The lowest BCUT2D eigenvalue weighted by molar-refractivity contribution is -0.0756. The second-order valence-electron chi connectivity index (χ2n) is 9.26. The zero-order valence-corrected chi connectivity index (χ0v) is 19.1. The van der Waals surface area contributed by atoms with Crippen molar-refractivity contribution in [3.63, 3.8) is 0 Å². The van der Waals surface area contributed by atoms with Crippen LogP contribution in [0, 0.1) is 11.2 Å². The number of carbonyl (C=O) groups is 2. The molecule has 1 saturated heterocycles. The number of amides is 1. The van der Waals surface area contributed by atoms with Gasteiger partial charge in [0.25, 0.3) is 5.91 Å². The predicted molar refractivity (Wildman–Crippen MR) is 116 cm³/mol. The fourth-order valence-electron chi connectivity index (χ4n) is 5.11. The summed E-state index contributed by atoms with van der Waals surface area (Å²) in [6.07, 6.45) is 2.71. The Kier molecular flexibility index (Phi) is 5.06. The van der Waals surface area contributed by atoms with Crippen LogP contribution in [-0.2, 0) is 10.0 Å². The third-order valence-electron chi connectivity index (χ3n) is 6.86. The monoisotopic (exact) mass is 473 g/mol. The molecule has 0 bridgehead atoms. The molecule has 174 valence electrons. The third-order valence-corrected chi connectivity index (χ3v) is 8.68. The highest BCUT2D eigenvalue weighted by atomic mass is 32.2. The van der Waals surface area contributed by atoms with E-state index in [1.807, 2.05) is 6.92 Å². The van der Waals surface area contributed by atoms with Crippen LogP contribution in [-0.4, -0.2) is 66.1 Å². The summed E-state index contributed by atoms with van der Waals surface area (Å²) in [4.78, 5) is 30.6. The Morgan fingerprint density at radius 2 is 1.94 bits per heavy atom. The first-order chi connectivity index (χ1) is 15.6. The van der Waals surface area contributed by atoms with E-state index in [9.17, 15) is 22.4 Å². The van der Waals surface area contributed by atoms with E-state index in [0.717, 1.165) is 6.07 Å². The van der Waals surface area contributed by atoms with Crippen LogP contribution < -0.4 is 4.74 Å². The number of nitrogens with zero attached hydrogens (tertiary/aromatic N) is 3. The van der Waals surface area contributed by atoms with Gasteiger partial charge in [0.2, 0.25) is 10.0 Å². The number of sulfonamides is 1. The van der Waals surface area contributed by atoms with Crippen molar-refractivity contribution in [1.29, 1.82) is 0 Å². The van der Waals surface area contributed by atoms with Gasteiger partial charge in [-0.1, -0.05) is 12.1 Å². The van der Waals surface area contributed by atoms with E-state index in [1.165, 1.54) is 35.6 Å². The van der Waals surface area contributed by atoms with Gasteiger partial charge >= 0.3 is 0 Å². The lowest BCUT2D eigenvalue weighted by Crippen LogP contribution is -2.68. The van der Waals surface area contributed by atoms with Crippen LogP contribution in [0.1, 0.15) is 47.5 Å². The number of ketones is 1. The first-order valence-electron chi connectivity index (χ1n) is 10.8. The summed E-state index contributed by atoms with van der Waals surface area (Å²) in [7, 11) is -3.88. The Morgan fingerprint density at radius 3 is 2.61 bits per heavy atom. The van der Waals surface area contributed by atoms with E-state index in [-0.39, 0.29) is 46.4 Å². The minimum Gasteiger partial charge on any atom is -0.489 e. The predicted octanol–water partition coefficient (Wildman–Crippen LogP) is 2.50. The van der Waals surface area contributed by atoms with Crippen molar-refractivity contribution in [3.05, 3.63) is 53.6 Å². The molecule has 3 heterocycles. The summed E-state index contributed by atoms with van der Waals surface area (Å²) in [6, 6.07) is 6.67. The van der Waals surface area contributed by atoms with Crippen LogP contribution in [0.25, 0.3) is 0 Å². The first kappa shape index (κ1) is 22.0. The van der Waals surface area contributed by atoms with Crippen molar-refractivity contribution in [2.24, 2.45) is 5.41 Å². The smallest absolute Gasteiger partial charge is 0.276 e. The van der Waals surface area contributed by atoms with E-state index in [0.29, 0.717) is 37.2 Å². The van der Waals surface area contributed by atoms with Gasteiger partial charge in [-0.05, 0) is 44.9 Å². The summed E-state index contributed by atoms with van der Waals surface area (Å²) < 4.78 is 46.7. The highest BCUT2D eigenvalue weighted by Gasteiger charge is 2.58. The molecule has 1 saturated carbocycles. The van der Waals surface area contributed by atoms with Gasteiger partial charge in [-0.15, -0.1) is 0 Å². The molecule has 1 aromatic heterocycles. The lowest BCUT2D eigenvalue weighted by Gasteiger charge is -2.60. The van der Waals surface area contributed by atoms with Crippen LogP contribution in [0.15, 0.2) is 41.4 Å². The largest absolute Gasteiger partial charge is 0.489 e. The molecule has 1 aromatic carbocycles. The number of pyridine rings is 1. The van der Waals surface area contributed by atoms with Gasteiger partial charge in [-0.25, -0.2) is 17.8 Å². The van der Waals surface area contributed by atoms with Crippen LogP contribution >= 0.6 is 0 Å². The second kappa shape index (κ2) is 7.59. The summed E-state index contributed by atoms with van der Waals surface area (Å²) in [5.41, 5.74) is 0.365. The summed E-state index contributed by atoms with van der Waals surface area (Å²) in [6.45, 7) is 4.22. The highest BCUT2D eigenvalue weighted by molar-refractivity contribution is 7.89. The maximum atomic E-state index is 14.0. The van der Waals surface area contributed by atoms with Crippen molar-refractivity contribution in [1.82, 2.24) is 14.2 Å². The van der Waals surface area contributed by atoms with E-state index in [4.69, 9.17) is 4.74 Å². The fraction of sp³-hybridized carbons (Fsp3) is 0.435. The van der Waals surface area contributed by atoms with E-state index < -0.39 is 15.8 Å². The molecule has 0 unspecified atom stereocenters. The summed E-state index contributed by atoms with van der Waals surface area (Å²) in [5.74, 6) is -0.855. The third kappa shape index (κ3) is 3.52. The Morgan fingerprint density at radius 1 is 1.24 bits per heavy atom. The van der Waals surface area contributed by atoms with Crippen molar-refractivity contribution >= 4 is 21.7 Å². The number of ether oxygens (including phenoxy) is 1. The van der Waals surface area contributed by atoms with Gasteiger partial charge in [0.1, 0.15) is 17.3 Å². The van der Waals surface area contributed by atoms with Gasteiger partial charge < -0.3 is 9.64 Å². The van der Waals surface area contributed by atoms with Crippen LogP contribution in [0.2, 0.25) is 0 Å². The van der Waals surface area contributed by atoms with Crippen molar-refractivity contribution in [3.8, 4) is 5.75 Å². The number of halogens is 1. The number of Topliss-reactive ketones (excluding diaryl/α,β-unsaturated/α-hetero) is 1. The minimum absolute atomic E-state index is 0.0605. The Balaban J connectivity index is 1.29. The number of carbonyl (C=O) groups excluding carboxylic acids is 2. The Labute approximate surface area is 191 Å². The Bertz CT molecular complexity index is 1250. The van der Waals surface area contributed by atoms with Crippen molar-refractivity contribution < 1.29 is 27.1 Å². The van der Waals surface area contributed by atoms with Gasteiger partial charge in [-0.2, -0.15) is 4.31 Å². The van der Waals surface area contributed by atoms with Crippen LogP contribution in [0.3, 0.4) is 0 Å². The zero-order valence-electron chi connectivity index (χ0n) is 18.3. The maximum absolute atomic E-state index is 14.0. The first-order valence-corrected chi connectivity index (χ1v) is 12.3. The molecule has 1 aliphatic carbocycles. The number of hydrogen-bond donors (Lipinski definition) is 0. The molecule has 2 aromatic rings. The van der Waals surface area contributed by atoms with Crippen molar-refractivity contribution in [2.75, 3.05) is 19.7 Å². The zero-order chi connectivity index (χ0) is 23.5. The molecule has 2 fully saturated rings. The van der Waals surface area contributed by atoms with Gasteiger partial charge in [0.05, 0.1) is 6.04 Å². The molecule has 8 nitrogen and oxygen atoms in total. The molecular weight excluding hydrogens is 449 g/mol. The number of aromatic nitrogens is 1. The van der Waals surface area contributed by atoms with Crippen LogP contribution in [0.5, 0.6) is 5.75 Å². The van der Waals surface area contributed by atoms with Gasteiger partial charge in [-0.3, -0.25) is 9.59 Å². The topological polar surface area (TPSA) is 96.9 Å². The quantitative estimate of drug-likeness (QED) is 0.633. The van der Waals surface area contributed by atoms with Crippen LogP contribution in [0.4, 0.5) is 4.39 Å².